The molecule has 0 radical (unpaired) electrons. The number of carbonyl (C=O) groups is 1. The molecule has 0 bridgehead atoms. The molecule has 0 unspecified atom stereocenters. The fourth-order valence-electron chi connectivity index (χ4n) is 5.45. The van der Waals surface area contributed by atoms with Gasteiger partial charge in [0.2, 0.25) is 0 Å². The molecule has 2 aromatic rings. The summed E-state index contributed by atoms with van der Waals surface area (Å²) < 4.78 is 29.5. The molecule has 196 valence electrons. The second kappa shape index (κ2) is 11.5. The van der Waals surface area contributed by atoms with Crippen molar-refractivity contribution in [2.24, 2.45) is 5.73 Å². The van der Waals surface area contributed by atoms with Crippen LogP contribution in [-0.2, 0) is 26.4 Å². The monoisotopic (exact) mass is 533 g/mol. The van der Waals surface area contributed by atoms with Crippen molar-refractivity contribution >= 4 is 27.5 Å². The third-order valence-electron chi connectivity index (χ3n) is 7.68. The largest absolute Gasteiger partial charge is 0.378 e. The van der Waals surface area contributed by atoms with Gasteiger partial charge in [-0.3, -0.25) is 0 Å². The first kappa shape index (κ1) is 26.9. The number of nitrogens with zero attached hydrogens (tertiary/aromatic N) is 2. The van der Waals surface area contributed by atoms with Crippen molar-refractivity contribution in [1.82, 2.24) is 9.80 Å². The molecule has 2 amide bonds. The molecule has 2 aromatic carbocycles. The Balaban J connectivity index is 1.52. The van der Waals surface area contributed by atoms with Gasteiger partial charge < -0.3 is 20.3 Å². The maximum absolute atomic E-state index is 13.6. The van der Waals surface area contributed by atoms with Gasteiger partial charge in [-0.2, -0.15) is 0 Å². The van der Waals surface area contributed by atoms with Crippen molar-refractivity contribution in [3.63, 3.8) is 0 Å². The average molecular weight is 534 g/mol. The highest BCUT2D eigenvalue weighted by Crippen LogP contribution is 2.41. The lowest BCUT2D eigenvalue weighted by Crippen LogP contribution is -2.54. The van der Waals surface area contributed by atoms with E-state index in [0.29, 0.717) is 55.7 Å². The average Bonchev–Trinajstić information content (AvgIpc) is 2.89. The number of sulfone groups is 1. The van der Waals surface area contributed by atoms with Crippen LogP contribution in [0, 0.1) is 0 Å². The summed E-state index contributed by atoms with van der Waals surface area (Å²) in [6.45, 7) is 3.33. The van der Waals surface area contributed by atoms with Gasteiger partial charge in [-0.1, -0.05) is 35.9 Å². The van der Waals surface area contributed by atoms with E-state index in [1.54, 1.807) is 18.2 Å². The van der Waals surface area contributed by atoms with E-state index in [1.165, 1.54) is 11.8 Å². The Bertz CT molecular complexity index is 1160. The molecule has 1 heterocycles. The molecular weight excluding hydrogens is 498 g/mol. The third kappa shape index (κ3) is 6.22. The van der Waals surface area contributed by atoms with E-state index in [9.17, 15) is 13.2 Å². The van der Waals surface area contributed by atoms with Gasteiger partial charge in [-0.05, 0) is 67.5 Å². The highest BCUT2D eigenvalue weighted by Gasteiger charge is 2.39. The van der Waals surface area contributed by atoms with Crippen molar-refractivity contribution < 1.29 is 17.9 Å². The first-order valence-corrected chi connectivity index (χ1v) is 14.9. The molecule has 2 fully saturated rings. The molecule has 1 saturated carbocycles. The van der Waals surface area contributed by atoms with E-state index < -0.39 is 9.84 Å². The number of benzene rings is 2. The summed E-state index contributed by atoms with van der Waals surface area (Å²) in [4.78, 5) is 17.8. The van der Waals surface area contributed by atoms with E-state index in [4.69, 9.17) is 22.1 Å². The lowest BCUT2D eigenvalue weighted by Gasteiger charge is -2.45. The van der Waals surface area contributed by atoms with Crippen molar-refractivity contribution in [2.75, 3.05) is 45.6 Å². The number of hydrogen-bond donors (Lipinski definition) is 1. The van der Waals surface area contributed by atoms with Crippen LogP contribution in [0.2, 0.25) is 5.02 Å². The predicted octanol–water partition coefficient (Wildman–Crippen LogP) is 3.88. The molecule has 2 N–H and O–H groups in total. The molecule has 1 saturated heterocycles. The molecule has 0 atom stereocenters. The zero-order valence-corrected chi connectivity index (χ0v) is 22.4. The summed E-state index contributed by atoms with van der Waals surface area (Å²) in [6.07, 6.45) is 5.26. The van der Waals surface area contributed by atoms with Crippen LogP contribution >= 0.6 is 11.6 Å². The number of amides is 2. The summed E-state index contributed by atoms with van der Waals surface area (Å²) in [6, 6.07) is 15.1. The maximum Gasteiger partial charge on any atom is 0.320 e. The van der Waals surface area contributed by atoms with Gasteiger partial charge >= 0.3 is 6.03 Å². The molecule has 7 nitrogen and oxygen atoms in total. The van der Waals surface area contributed by atoms with Crippen molar-refractivity contribution in [3.8, 4) is 0 Å². The minimum atomic E-state index is -3.29. The standard InChI is InChI=1S/C27H36ClN3O4S/c1-36(33,34)25-7-2-4-21(18-25)10-13-31(26(32)30-14-16-35-17-15-30)24-8-11-27(20-29,12-9-24)22-5-3-6-23(28)19-22/h2-7,18-19,24H,8-17,20,29H2,1H3/t24-,27-. The van der Waals surface area contributed by atoms with Crippen LogP contribution in [0.15, 0.2) is 53.4 Å². The van der Waals surface area contributed by atoms with Crippen LogP contribution in [0.3, 0.4) is 0 Å². The van der Waals surface area contributed by atoms with Crippen LogP contribution in [-0.4, -0.2) is 75.9 Å². The molecule has 0 spiro atoms. The topological polar surface area (TPSA) is 92.9 Å². The molecule has 0 aromatic heterocycles. The van der Waals surface area contributed by atoms with Crippen molar-refractivity contribution in [2.45, 2.75) is 48.5 Å². The van der Waals surface area contributed by atoms with Crippen molar-refractivity contribution in [3.05, 3.63) is 64.7 Å². The van der Waals surface area contributed by atoms with Gasteiger partial charge in [0.05, 0.1) is 18.1 Å². The number of halogens is 1. The zero-order valence-electron chi connectivity index (χ0n) is 20.9. The fraction of sp³-hybridized carbons (Fsp3) is 0.519. The molecule has 1 aliphatic carbocycles. The van der Waals surface area contributed by atoms with Gasteiger partial charge in [0.25, 0.3) is 0 Å². The second-order valence-corrected chi connectivity index (χ2v) is 12.4. The summed E-state index contributed by atoms with van der Waals surface area (Å²) in [7, 11) is -3.29. The molecular formula is C27H36ClN3O4S. The van der Waals surface area contributed by atoms with Crippen molar-refractivity contribution in [1.29, 1.82) is 0 Å². The second-order valence-electron chi connectivity index (χ2n) is 9.97. The van der Waals surface area contributed by atoms with E-state index in [1.807, 2.05) is 34.1 Å². The Hall–Kier alpha value is -2.13. The lowest BCUT2D eigenvalue weighted by atomic mass is 9.68. The summed E-state index contributed by atoms with van der Waals surface area (Å²) in [5.41, 5.74) is 8.24. The molecule has 2 aliphatic rings. The molecule has 9 heteroatoms. The van der Waals surface area contributed by atoms with E-state index in [-0.39, 0.29) is 17.5 Å². The third-order valence-corrected chi connectivity index (χ3v) is 9.02. The van der Waals surface area contributed by atoms with Crippen LogP contribution in [0.1, 0.15) is 36.8 Å². The zero-order chi connectivity index (χ0) is 25.8. The van der Waals surface area contributed by atoms with Crippen LogP contribution in [0.4, 0.5) is 4.79 Å². The SMILES string of the molecule is CS(=O)(=O)c1cccc(CCN(C(=O)N2CCOCC2)[C@H]2CC[C@](CN)(c3cccc(Cl)c3)CC2)c1. The minimum absolute atomic E-state index is 0.0329. The normalized spacial score (nSPS) is 22.9. The Morgan fingerprint density at radius 3 is 2.47 bits per heavy atom. The minimum Gasteiger partial charge on any atom is -0.378 e. The Morgan fingerprint density at radius 1 is 1.14 bits per heavy atom. The number of rotatable bonds is 7. The Morgan fingerprint density at radius 2 is 1.83 bits per heavy atom. The van der Waals surface area contributed by atoms with E-state index in [2.05, 4.69) is 6.07 Å². The van der Waals surface area contributed by atoms with Crippen LogP contribution in [0.5, 0.6) is 0 Å². The number of hydrogen-bond acceptors (Lipinski definition) is 5. The first-order valence-electron chi connectivity index (χ1n) is 12.6. The maximum atomic E-state index is 13.6. The van der Waals surface area contributed by atoms with Crippen LogP contribution < -0.4 is 5.73 Å². The fourth-order valence-corrected chi connectivity index (χ4v) is 6.33. The lowest BCUT2D eigenvalue weighted by molar-refractivity contribution is 0.0351. The highest BCUT2D eigenvalue weighted by molar-refractivity contribution is 7.90. The number of morpholine rings is 1. The van der Waals surface area contributed by atoms with Gasteiger partial charge in [0.1, 0.15) is 0 Å². The van der Waals surface area contributed by atoms with Gasteiger partial charge in [-0.25, -0.2) is 13.2 Å². The summed E-state index contributed by atoms with van der Waals surface area (Å²) >= 11 is 6.28. The number of urea groups is 1. The Kier molecular flexibility index (Phi) is 8.60. The quantitative estimate of drug-likeness (QED) is 0.583. The number of carbonyl (C=O) groups excluding carboxylic acids is 1. The van der Waals surface area contributed by atoms with Gasteiger partial charge in [-0.15, -0.1) is 0 Å². The summed E-state index contributed by atoms with van der Waals surface area (Å²) in [5, 5.41) is 0.711. The Labute approximate surface area is 219 Å². The predicted molar refractivity (Wildman–Crippen MR) is 142 cm³/mol. The van der Waals surface area contributed by atoms with Crippen LogP contribution in [0.25, 0.3) is 0 Å². The summed E-state index contributed by atoms with van der Waals surface area (Å²) in [5.74, 6) is 0. The molecule has 1 aliphatic heterocycles. The van der Waals surface area contributed by atoms with E-state index in [0.717, 1.165) is 31.2 Å². The highest BCUT2D eigenvalue weighted by atomic mass is 35.5. The molecule has 36 heavy (non-hydrogen) atoms. The molecule has 4 rings (SSSR count). The number of nitrogens with two attached hydrogens (primary N) is 1. The first-order chi connectivity index (χ1) is 17.2. The number of ether oxygens (including phenoxy) is 1. The van der Waals surface area contributed by atoms with Gasteiger partial charge in [0.15, 0.2) is 9.84 Å². The van der Waals surface area contributed by atoms with Gasteiger partial charge in [0, 0.05) is 48.9 Å². The van der Waals surface area contributed by atoms with E-state index >= 15 is 0 Å². The smallest absolute Gasteiger partial charge is 0.320 e.